The van der Waals surface area contributed by atoms with E-state index in [4.69, 9.17) is 14.2 Å². The van der Waals surface area contributed by atoms with Crippen molar-refractivity contribution in [1.82, 2.24) is 4.98 Å². The van der Waals surface area contributed by atoms with Crippen LogP contribution in [0.4, 0.5) is 10.8 Å². The van der Waals surface area contributed by atoms with Crippen LogP contribution in [-0.2, 0) is 9.53 Å². The minimum absolute atomic E-state index is 0.00958. The number of methoxy groups -OCH3 is 2. The van der Waals surface area contributed by atoms with E-state index in [1.165, 1.54) is 49.0 Å². The Morgan fingerprint density at radius 3 is 2.44 bits per heavy atom. The molecule has 2 aromatic heterocycles. The van der Waals surface area contributed by atoms with Crippen molar-refractivity contribution in [3.63, 3.8) is 0 Å². The number of thiophene rings is 1. The number of nitrogens with zero attached hydrogens (tertiary/aromatic N) is 1. The van der Waals surface area contributed by atoms with Gasteiger partial charge in [-0.25, -0.2) is 9.78 Å². The maximum Gasteiger partial charge on any atom is 0.340 e. The zero-order valence-corrected chi connectivity index (χ0v) is 19.7. The van der Waals surface area contributed by atoms with E-state index in [9.17, 15) is 14.4 Å². The standard InChI is InChI=1S/C23H19N3O6S2/c1-30-16-10-13(15(11-17(16)31-2)24-21(28)19-8-5-9-33-19)22(29)32-12-20(27)26-23-25-14-6-3-4-7-18(14)34-23/h3-11H,12H2,1-2H3,(H,24,28)(H,25,26,27). The number of para-hydroxylation sites is 1. The average Bonchev–Trinajstić information content (AvgIpc) is 3.52. The summed E-state index contributed by atoms with van der Waals surface area (Å²) in [5.74, 6) is -1.18. The van der Waals surface area contributed by atoms with E-state index in [1.54, 1.807) is 17.5 Å². The summed E-state index contributed by atoms with van der Waals surface area (Å²) in [6.45, 7) is -0.540. The summed E-state index contributed by atoms with van der Waals surface area (Å²) >= 11 is 2.57. The summed E-state index contributed by atoms with van der Waals surface area (Å²) < 4.78 is 16.7. The number of ether oxygens (including phenoxy) is 3. The molecule has 0 saturated carbocycles. The molecule has 174 valence electrons. The van der Waals surface area contributed by atoms with Gasteiger partial charge in [-0.05, 0) is 23.6 Å². The van der Waals surface area contributed by atoms with Gasteiger partial charge in [0.1, 0.15) is 0 Å². The molecule has 0 unspecified atom stereocenters. The topological polar surface area (TPSA) is 116 Å². The van der Waals surface area contributed by atoms with Gasteiger partial charge < -0.3 is 19.5 Å². The highest BCUT2D eigenvalue weighted by Crippen LogP contribution is 2.34. The van der Waals surface area contributed by atoms with E-state index in [1.807, 2.05) is 24.3 Å². The third kappa shape index (κ3) is 5.16. The van der Waals surface area contributed by atoms with E-state index in [-0.39, 0.29) is 17.0 Å². The van der Waals surface area contributed by atoms with Crippen LogP contribution in [0.5, 0.6) is 11.5 Å². The van der Waals surface area contributed by atoms with E-state index in [0.717, 1.165) is 10.2 Å². The molecule has 34 heavy (non-hydrogen) atoms. The van der Waals surface area contributed by atoms with Gasteiger partial charge in [0.25, 0.3) is 11.8 Å². The van der Waals surface area contributed by atoms with Crippen LogP contribution in [0.2, 0.25) is 0 Å². The first-order chi connectivity index (χ1) is 16.5. The molecule has 2 N–H and O–H groups in total. The fourth-order valence-electron chi connectivity index (χ4n) is 3.03. The van der Waals surface area contributed by atoms with Crippen LogP contribution in [0, 0.1) is 0 Å². The van der Waals surface area contributed by atoms with Gasteiger partial charge in [-0.15, -0.1) is 11.3 Å². The number of esters is 1. The first kappa shape index (κ1) is 23.2. The summed E-state index contributed by atoms with van der Waals surface area (Å²) in [6, 6.07) is 13.7. The molecule has 4 aromatic rings. The van der Waals surface area contributed by atoms with Crippen LogP contribution in [0.3, 0.4) is 0 Å². The van der Waals surface area contributed by atoms with Gasteiger partial charge >= 0.3 is 5.97 Å². The van der Waals surface area contributed by atoms with Crippen molar-refractivity contribution in [3.05, 3.63) is 64.4 Å². The molecule has 0 saturated heterocycles. The number of thiazole rings is 1. The number of hydrogen-bond acceptors (Lipinski definition) is 9. The SMILES string of the molecule is COc1cc(NC(=O)c2cccs2)c(C(=O)OCC(=O)Nc2nc3ccccc3s2)cc1OC. The van der Waals surface area contributed by atoms with Crippen molar-refractivity contribution in [1.29, 1.82) is 0 Å². The third-order valence-corrected chi connectivity index (χ3v) is 6.43. The number of aromatic nitrogens is 1. The Morgan fingerprint density at radius 2 is 1.74 bits per heavy atom. The fourth-order valence-corrected chi connectivity index (χ4v) is 4.53. The lowest BCUT2D eigenvalue weighted by molar-refractivity contribution is -0.119. The van der Waals surface area contributed by atoms with Crippen molar-refractivity contribution >= 4 is 61.5 Å². The maximum atomic E-state index is 12.8. The molecule has 9 nitrogen and oxygen atoms in total. The molecule has 0 aliphatic heterocycles. The van der Waals surface area contributed by atoms with Crippen LogP contribution in [0.15, 0.2) is 53.9 Å². The minimum Gasteiger partial charge on any atom is -0.493 e. The molecule has 0 aliphatic carbocycles. The van der Waals surface area contributed by atoms with Crippen molar-refractivity contribution in [2.45, 2.75) is 0 Å². The van der Waals surface area contributed by atoms with E-state index in [2.05, 4.69) is 15.6 Å². The van der Waals surface area contributed by atoms with Gasteiger partial charge in [-0.1, -0.05) is 29.5 Å². The van der Waals surface area contributed by atoms with Gasteiger partial charge in [0.2, 0.25) is 0 Å². The number of carbonyl (C=O) groups is 3. The molecule has 0 spiro atoms. The van der Waals surface area contributed by atoms with Crippen molar-refractivity contribution < 1.29 is 28.6 Å². The molecule has 0 fully saturated rings. The summed E-state index contributed by atoms with van der Waals surface area (Å²) in [5.41, 5.74) is 0.930. The summed E-state index contributed by atoms with van der Waals surface area (Å²) in [7, 11) is 2.86. The highest BCUT2D eigenvalue weighted by atomic mass is 32.1. The number of rotatable bonds is 8. The normalized spacial score (nSPS) is 10.5. The highest BCUT2D eigenvalue weighted by molar-refractivity contribution is 7.22. The molecule has 0 radical (unpaired) electrons. The van der Waals surface area contributed by atoms with Gasteiger partial charge in [-0.2, -0.15) is 0 Å². The number of amides is 2. The quantitative estimate of drug-likeness (QED) is 0.346. The number of carbonyl (C=O) groups excluding carboxylic acids is 3. The van der Waals surface area contributed by atoms with Gasteiger partial charge in [0, 0.05) is 12.1 Å². The molecule has 2 heterocycles. The Balaban J connectivity index is 1.49. The minimum atomic E-state index is -0.818. The molecular weight excluding hydrogens is 478 g/mol. The molecular formula is C23H19N3O6S2. The smallest absolute Gasteiger partial charge is 0.340 e. The van der Waals surface area contributed by atoms with Crippen molar-refractivity contribution in [2.75, 3.05) is 31.5 Å². The number of anilines is 2. The second-order valence-electron chi connectivity index (χ2n) is 6.80. The molecule has 0 aliphatic rings. The second kappa shape index (κ2) is 10.3. The Labute approximate surface area is 202 Å². The Kier molecular flexibility index (Phi) is 7.04. The second-order valence-corrected chi connectivity index (χ2v) is 8.77. The summed E-state index contributed by atoms with van der Waals surface area (Å²) in [5, 5.41) is 7.48. The predicted molar refractivity (Wildman–Crippen MR) is 130 cm³/mol. The number of nitrogens with one attached hydrogen (secondary N) is 2. The lowest BCUT2D eigenvalue weighted by Crippen LogP contribution is -2.22. The predicted octanol–water partition coefficient (Wildman–Crippen LogP) is 4.42. The first-order valence-electron chi connectivity index (χ1n) is 9.92. The molecule has 11 heteroatoms. The highest BCUT2D eigenvalue weighted by Gasteiger charge is 2.21. The monoisotopic (exact) mass is 497 g/mol. The molecule has 4 rings (SSSR count). The molecule has 0 bridgehead atoms. The number of hydrogen-bond donors (Lipinski definition) is 2. The lowest BCUT2D eigenvalue weighted by Gasteiger charge is -2.15. The van der Waals surface area contributed by atoms with Gasteiger partial charge in [0.15, 0.2) is 23.2 Å². The molecule has 2 amide bonds. The van der Waals surface area contributed by atoms with Crippen LogP contribution >= 0.6 is 22.7 Å². The first-order valence-corrected chi connectivity index (χ1v) is 11.6. The average molecular weight is 498 g/mol. The van der Waals surface area contributed by atoms with Crippen LogP contribution < -0.4 is 20.1 Å². The fraction of sp³-hybridized carbons (Fsp3) is 0.130. The van der Waals surface area contributed by atoms with Crippen molar-refractivity contribution in [3.8, 4) is 11.5 Å². The third-order valence-electron chi connectivity index (χ3n) is 4.61. The Bertz CT molecular complexity index is 1320. The zero-order chi connectivity index (χ0) is 24.1. The molecule has 0 atom stereocenters. The summed E-state index contributed by atoms with van der Waals surface area (Å²) in [4.78, 5) is 42.5. The molecule has 2 aromatic carbocycles. The van der Waals surface area contributed by atoms with E-state index in [0.29, 0.717) is 15.8 Å². The van der Waals surface area contributed by atoms with Gasteiger partial charge in [-0.3, -0.25) is 14.9 Å². The van der Waals surface area contributed by atoms with Gasteiger partial charge in [0.05, 0.1) is 40.6 Å². The number of fused-ring (bicyclic) bond motifs is 1. The largest absolute Gasteiger partial charge is 0.493 e. The van der Waals surface area contributed by atoms with Crippen LogP contribution in [0.1, 0.15) is 20.0 Å². The van der Waals surface area contributed by atoms with Crippen LogP contribution in [0.25, 0.3) is 10.2 Å². The maximum absolute atomic E-state index is 12.8. The zero-order valence-electron chi connectivity index (χ0n) is 18.1. The Morgan fingerprint density at radius 1 is 0.971 bits per heavy atom. The lowest BCUT2D eigenvalue weighted by atomic mass is 10.1. The van der Waals surface area contributed by atoms with Crippen molar-refractivity contribution in [2.24, 2.45) is 0 Å². The van der Waals surface area contributed by atoms with Crippen LogP contribution in [-0.4, -0.2) is 43.6 Å². The van der Waals surface area contributed by atoms with E-state index >= 15 is 0 Å². The Hall–Kier alpha value is -3.96. The summed E-state index contributed by atoms with van der Waals surface area (Å²) in [6.07, 6.45) is 0. The van der Waals surface area contributed by atoms with E-state index < -0.39 is 24.4 Å². The number of benzene rings is 2.